The minimum absolute atomic E-state index is 0.222. The lowest BCUT2D eigenvalue weighted by molar-refractivity contribution is -0.109. The first-order valence-corrected chi connectivity index (χ1v) is 7.43. The van der Waals surface area contributed by atoms with Crippen molar-refractivity contribution in [3.63, 3.8) is 0 Å². The Morgan fingerprint density at radius 3 is 2.59 bits per heavy atom. The number of rotatable bonds is 4. The van der Waals surface area contributed by atoms with Gasteiger partial charge in [0.15, 0.2) is 17.8 Å². The first kappa shape index (κ1) is 13.5. The molecule has 0 spiro atoms. The van der Waals surface area contributed by atoms with Gasteiger partial charge in [-0.3, -0.25) is 0 Å². The van der Waals surface area contributed by atoms with Gasteiger partial charge < -0.3 is 4.79 Å². The molecule has 114 valence electrons. The second kappa shape index (κ2) is 4.97. The minimum Gasteiger partial charge on any atom is -0.303 e. The van der Waals surface area contributed by atoms with E-state index in [2.05, 4.69) is 10.1 Å². The molecule has 1 saturated carbocycles. The van der Waals surface area contributed by atoms with Crippen molar-refractivity contribution in [2.75, 3.05) is 0 Å². The average Bonchev–Trinajstić information content (AvgIpc) is 2.97. The summed E-state index contributed by atoms with van der Waals surface area (Å²) in [5.74, 6) is -0.532. The molecule has 1 aromatic carbocycles. The van der Waals surface area contributed by atoms with E-state index in [4.69, 9.17) is 0 Å². The van der Waals surface area contributed by atoms with E-state index in [0.29, 0.717) is 19.1 Å². The number of alkyl halides is 2. The van der Waals surface area contributed by atoms with Crippen molar-refractivity contribution in [1.29, 1.82) is 0 Å². The maximum Gasteiger partial charge on any atom is 0.162 e. The summed E-state index contributed by atoms with van der Waals surface area (Å²) in [7, 11) is 0. The number of nitrogens with zero attached hydrogens (tertiary/aromatic N) is 3. The lowest BCUT2D eigenvalue weighted by atomic mass is 10.0. The molecule has 1 fully saturated rings. The first-order valence-electron chi connectivity index (χ1n) is 7.43. The van der Waals surface area contributed by atoms with Crippen LogP contribution in [0.2, 0.25) is 0 Å². The fourth-order valence-corrected chi connectivity index (χ4v) is 3.20. The summed E-state index contributed by atoms with van der Waals surface area (Å²) >= 11 is 0. The molecule has 1 aliphatic heterocycles. The number of carbonyl (C=O) groups is 1. The van der Waals surface area contributed by atoms with Gasteiger partial charge in [0.1, 0.15) is 12.5 Å². The largest absolute Gasteiger partial charge is 0.303 e. The fourth-order valence-electron chi connectivity index (χ4n) is 3.20. The second-order valence-corrected chi connectivity index (χ2v) is 5.98. The Hall–Kier alpha value is -2.11. The normalized spacial score (nSPS) is 30.8. The highest BCUT2D eigenvalue weighted by Crippen LogP contribution is 2.45. The Balaban J connectivity index is 1.70. The van der Waals surface area contributed by atoms with E-state index < -0.39 is 18.3 Å². The van der Waals surface area contributed by atoms with E-state index in [1.165, 1.54) is 0 Å². The Morgan fingerprint density at radius 2 is 1.95 bits per heavy atom. The predicted octanol–water partition coefficient (Wildman–Crippen LogP) is 2.92. The van der Waals surface area contributed by atoms with Crippen LogP contribution in [0.3, 0.4) is 0 Å². The highest BCUT2D eigenvalue weighted by atomic mass is 19.1. The van der Waals surface area contributed by atoms with Gasteiger partial charge in [0.05, 0.1) is 12.0 Å². The summed E-state index contributed by atoms with van der Waals surface area (Å²) in [6.45, 7) is 0. The van der Waals surface area contributed by atoms with Crippen LogP contribution in [0.5, 0.6) is 0 Å². The van der Waals surface area contributed by atoms with Crippen LogP contribution in [-0.4, -0.2) is 27.2 Å². The molecule has 6 heteroatoms. The number of hydrogen-bond acceptors (Lipinski definition) is 3. The quantitative estimate of drug-likeness (QED) is 0.816. The smallest absolute Gasteiger partial charge is 0.162 e. The summed E-state index contributed by atoms with van der Waals surface area (Å²) in [5.41, 5.74) is 0.956. The van der Waals surface area contributed by atoms with E-state index in [-0.39, 0.29) is 23.6 Å². The molecule has 0 N–H and O–H groups in total. The van der Waals surface area contributed by atoms with Crippen LogP contribution in [0, 0.1) is 5.92 Å². The molecule has 1 aromatic heterocycles. The number of carbonyl (C=O) groups excluding carboxylic acids is 1. The van der Waals surface area contributed by atoms with Crippen LogP contribution in [0.1, 0.15) is 48.2 Å². The maximum absolute atomic E-state index is 14.2. The minimum atomic E-state index is -1.21. The number of fused-ring (bicyclic) bond motifs is 1. The van der Waals surface area contributed by atoms with Crippen molar-refractivity contribution in [2.45, 2.75) is 37.1 Å². The summed E-state index contributed by atoms with van der Waals surface area (Å²) in [5, 5.41) is 4.33. The van der Waals surface area contributed by atoms with Crippen LogP contribution in [-0.2, 0) is 4.79 Å². The molecule has 4 rings (SSSR count). The highest BCUT2D eigenvalue weighted by Gasteiger charge is 2.47. The molecular weight excluding hydrogens is 288 g/mol. The number of hydrogen-bond donors (Lipinski definition) is 0. The van der Waals surface area contributed by atoms with E-state index in [1.54, 1.807) is 4.68 Å². The highest BCUT2D eigenvalue weighted by molar-refractivity contribution is 5.61. The Morgan fingerprint density at radius 1 is 1.23 bits per heavy atom. The van der Waals surface area contributed by atoms with E-state index in [9.17, 15) is 13.6 Å². The molecule has 0 bridgehead atoms. The molecule has 1 aliphatic carbocycles. The van der Waals surface area contributed by atoms with Gasteiger partial charge in [-0.25, -0.2) is 18.4 Å². The van der Waals surface area contributed by atoms with Crippen LogP contribution in [0.25, 0.3) is 0 Å². The zero-order valence-electron chi connectivity index (χ0n) is 11.8. The van der Waals surface area contributed by atoms with Gasteiger partial charge in [-0.15, -0.1) is 0 Å². The molecule has 0 amide bonds. The van der Waals surface area contributed by atoms with Crippen LogP contribution >= 0.6 is 0 Å². The van der Waals surface area contributed by atoms with Gasteiger partial charge in [-0.05, 0) is 12.0 Å². The molecule has 1 unspecified atom stereocenters. The van der Waals surface area contributed by atoms with E-state index in [0.717, 1.165) is 5.56 Å². The monoisotopic (exact) mass is 303 g/mol. The third-order valence-electron chi connectivity index (χ3n) is 4.53. The van der Waals surface area contributed by atoms with Gasteiger partial charge in [0.2, 0.25) is 0 Å². The maximum atomic E-state index is 14.2. The second-order valence-electron chi connectivity index (χ2n) is 5.98. The van der Waals surface area contributed by atoms with E-state index >= 15 is 0 Å². The molecule has 2 aromatic rings. The van der Waals surface area contributed by atoms with Crippen molar-refractivity contribution in [1.82, 2.24) is 14.8 Å². The van der Waals surface area contributed by atoms with E-state index in [1.807, 2.05) is 30.3 Å². The number of aromatic nitrogens is 3. The zero-order chi connectivity index (χ0) is 15.3. The van der Waals surface area contributed by atoms with Crippen molar-refractivity contribution >= 4 is 6.29 Å². The van der Waals surface area contributed by atoms with Gasteiger partial charge >= 0.3 is 0 Å². The summed E-state index contributed by atoms with van der Waals surface area (Å²) in [6.07, 6.45) is -0.853. The standard InChI is InChI=1S/C16H15F2N3O/c17-12-6-10(12)11(8-22)15-19-16-13(18)7-14(21(16)20-15)9-4-2-1-3-5-9/h1-5,8,10-14H,6-7H2/t10-,11?,12+,13-,14-/m0/s1. The van der Waals surface area contributed by atoms with Gasteiger partial charge in [-0.1, -0.05) is 30.3 Å². The van der Waals surface area contributed by atoms with Crippen LogP contribution in [0.15, 0.2) is 30.3 Å². The molecule has 4 nitrogen and oxygen atoms in total. The third kappa shape index (κ3) is 2.05. The molecule has 5 atom stereocenters. The molecule has 2 heterocycles. The van der Waals surface area contributed by atoms with Crippen LogP contribution in [0.4, 0.5) is 8.78 Å². The number of halogens is 2. The average molecular weight is 303 g/mol. The summed E-state index contributed by atoms with van der Waals surface area (Å²) in [4.78, 5) is 15.4. The topological polar surface area (TPSA) is 47.8 Å². The number of benzene rings is 1. The third-order valence-corrected chi connectivity index (χ3v) is 4.53. The molecule has 0 radical (unpaired) electrons. The summed E-state index contributed by atoms with van der Waals surface area (Å²) in [6, 6.07) is 9.30. The summed E-state index contributed by atoms with van der Waals surface area (Å²) < 4.78 is 29.0. The van der Waals surface area contributed by atoms with Crippen molar-refractivity contribution in [3.05, 3.63) is 47.5 Å². The zero-order valence-corrected chi connectivity index (χ0v) is 11.8. The van der Waals surface area contributed by atoms with Gasteiger partial charge in [0.25, 0.3) is 0 Å². The fraction of sp³-hybridized carbons (Fsp3) is 0.438. The van der Waals surface area contributed by atoms with Crippen molar-refractivity contribution in [3.8, 4) is 0 Å². The Kier molecular flexibility index (Phi) is 3.06. The molecular formula is C16H15F2N3O. The van der Waals surface area contributed by atoms with Crippen LogP contribution < -0.4 is 0 Å². The molecule has 22 heavy (non-hydrogen) atoms. The van der Waals surface area contributed by atoms with Gasteiger partial charge in [-0.2, -0.15) is 5.10 Å². The van der Waals surface area contributed by atoms with Gasteiger partial charge in [0, 0.05) is 12.3 Å². The Labute approximate surface area is 126 Å². The first-order chi connectivity index (χ1) is 10.7. The van der Waals surface area contributed by atoms with Crippen molar-refractivity contribution in [2.24, 2.45) is 5.92 Å². The lowest BCUT2D eigenvalue weighted by Crippen LogP contribution is -2.11. The predicted molar refractivity (Wildman–Crippen MR) is 74.9 cm³/mol. The molecule has 2 aliphatic rings. The SMILES string of the molecule is O=CC(c1nc2n(n1)[C@H](c1ccccc1)C[C@@H]2F)[C@@H]1C[C@H]1F. The number of aldehydes is 1. The lowest BCUT2D eigenvalue weighted by Gasteiger charge is -2.12. The molecule has 0 saturated heterocycles. The van der Waals surface area contributed by atoms with Crippen molar-refractivity contribution < 1.29 is 13.6 Å². The Bertz CT molecular complexity index is 703.